The molecule has 0 aromatic carbocycles. The molecule has 0 saturated carbocycles. The number of primary amides is 1. The lowest BCUT2D eigenvalue weighted by atomic mass is 10.2. The second-order valence-electron chi connectivity index (χ2n) is 3.11. The molecule has 0 unspecified atom stereocenters. The molecule has 1 fully saturated rings. The average molecular weight is 201 g/mol. The Bertz CT molecular complexity index is 214. The summed E-state index contributed by atoms with van der Waals surface area (Å²) in [5.74, 6) is -0.0458. The second-order valence-corrected chi connectivity index (χ2v) is 3.11. The molecule has 0 aromatic heterocycles. The summed E-state index contributed by atoms with van der Waals surface area (Å²) in [7, 11) is 0. The van der Waals surface area contributed by atoms with Gasteiger partial charge in [-0.3, -0.25) is 4.79 Å². The first-order valence-electron chi connectivity index (χ1n) is 4.63. The third-order valence-electron chi connectivity index (χ3n) is 2.02. The van der Waals surface area contributed by atoms with Crippen LogP contribution in [-0.2, 0) is 9.53 Å². The fourth-order valence-corrected chi connectivity index (χ4v) is 1.36. The Morgan fingerprint density at radius 3 is 2.93 bits per heavy atom. The summed E-state index contributed by atoms with van der Waals surface area (Å²) < 4.78 is 4.46. The van der Waals surface area contributed by atoms with Crippen molar-refractivity contribution in [2.24, 2.45) is 5.73 Å². The Labute approximate surface area is 82.2 Å². The molecule has 4 N–H and O–H groups in total. The minimum absolute atomic E-state index is 0.0458. The number of nitrogens with one attached hydrogen (secondary N) is 2. The fourth-order valence-electron chi connectivity index (χ4n) is 1.36. The van der Waals surface area contributed by atoms with Crippen LogP contribution in [-0.4, -0.2) is 37.7 Å². The molecule has 0 aromatic rings. The number of amides is 2. The van der Waals surface area contributed by atoms with E-state index in [1.807, 2.05) is 0 Å². The van der Waals surface area contributed by atoms with Gasteiger partial charge in [-0.25, -0.2) is 4.79 Å². The molecule has 1 heterocycles. The van der Waals surface area contributed by atoms with Crippen molar-refractivity contribution in [3.8, 4) is 0 Å². The molecule has 0 aliphatic carbocycles. The molecule has 2 amide bonds. The molecule has 6 heteroatoms. The van der Waals surface area contributed by atoms with Gasteiger partial charge in [0.05, 0.1) is 12.6 Å². The average Bonchev–Trinajstić information content (AvgIpc) is 2.64. The van der Waals surface area contributed by atoms with Gasteiger partial charge >= 0.3 is 6.09 Å². The standard InChI is InChI=1S/C8H15N3O3/c9-8(13)14-5-4-11-7(12)6-2-1-3-10-6/h6,10H,1-5H2,(H2,9,13)(H,11,12)/t6-/m1/s1. The van der Waals surface area contributed by atoms with Crippen molar-refractivity contribution in [3.63, 3.8) is 0 Å². The number of carbonyl (C=O) groups excluding carboxylic acids is 2. The summed E-state index contributed by atoms with van der Waals surface area (Å²) >= 11 is 0. The van der Waals surface area contributed by atoms with Gasteiger partial charge in [0.25, 0.3) is 0 Å². The summed E-state index contributed by atoms with van der Waals surface area (Å²) in [5.41, 5.74) is 4.75. The van der Waals surface area contributed by atoms with Crippen LogP contribution in [0.15, 0.2) is 0 Å². The van der Waals surface area contributed by atoms with E-state index < -0.39 is 6.09 Å². The van der Waals surface area contributed by atoms with Crippen LogP contribution in [0.4, 0.5) is 4.79 Å². The number of ether oxygens (including phenoxy) is 1. The van der Waals surface area contributed by atoms with Crippen LogP contribution in [0.2, 0.25) is 0 Å². The molecule has 1 aliphatic heterocycles. The Morgan fingerprint density at radius 2 is 2.36 bits per heavy atom. The first kappa shape index (κ1) is 10.8. The lowest BCUT2D eigenvalue weighted by molar-refractivity contribution is -0.122. The molecule has 0 bridgehead atoms. The van der Waals surface area contributed by atoms with Crippen LogP contribution >= 0.6 is 0 Å². The van der Waals surface area contributed by atoms with E-state index in [-0.39, 0.29) is 18.6 Å². The normalized spacial score (nSPS) is 20.4. The molecule has 1 saturated heterocycles. The predicted octanol–water partition coefficient (Wildman–Crippen LogP) is -1.05. The van der Waals surface area contributed by atoms with E-state index in [0.29, 0.717) is 6.54 Å². The van der Waals surface area contributed by atoms with Crippen LogP contribution in [0, 0.1) is 0 Å². The predicted molar refractivity (Wildman–Crippen MR) is 49.6 cm³/mol. The van der Waals surface area contributed by atoms with Gasteiger partial charge in [0.15, 0.2) is 0 Å². The van der Waals surface area contributed by atoms with Crippen molar-refractivity contribution in [1.29, 1.82) is 0 Å². The number of nitrogens with two attached hydrogens (primary N) is 1. The second kappa shape index (κ2) is 5.43. The van der Waals surface area contributed by atoms with Crippen LogP contribution < -0.4 is 16.4 Å². The third kappa shape index (κ3) is 3.61. The van der Waals surface area contributed by atoms with E-state index in [4.69, 9.17) is 5.73 Å². The molecule has 1 atom stereocenters. The number of hydrogen-bond donors (Lipinski definition) is 3. The number of rotatable bonds is 4. The zero-order valence-electron chi connectivity index (χ0n) is 7.91. The molecule has 0 spiro atoms. The maximum Gasteiger partial charge on any atom is 0.404 e. The van der Waals surface area contributed by atoms with Gasteiger partial charge in [-0.1, -0.05) is 0 Å². The molecule has 1 aliphatic rings. The number of carbonyl (C=O) groups is 2. The van der Waals surface area contributed by atoms with Crippen molar-refractivity contribution in [3.05, 3.63) is 0 Å². The van der Waals surface area contributed by atoms with E-state index in [1.54, 1.807) is 0 Å². The highest BCUT2D eigenvalue weighted by Gasteiger charge is 2.21. The summed E-state index contributed by atoms with van der Waals surface area (Å²) in [6.07, 6.45) is 1.07. The molecule has 0 radical (unpaired) electrons. The summed E-state index contributed by atoms with van der Waals surface area (Å²) in [6.45, 7) is 1.31. The van der Waals surface area contributed by atoms with Crippen molar-refractivity contribution >= 4 is 12.0 Å². The summed E-state index contributed by atoms with van der Waals surface area (Å²) in [4.78, 5) is 21.5. The Kier molecular flexibility index (Phi) is 4.18. The maximum absolute atomic E-state index is 11.3. The van der Waals surface area contributed by atoms with Crippen LogP contribution in [0.5, 0.6) is 0 Å². The van der Waals surface area contributed by atoms with Gasteiger partial charge in [-0.15, -0.1) is 0 Å². The smallest absolute Gasteiger partial charge is 0.404 e. The molecule has 6 nitrogen and oxygen atoms in total. The molecule has 1 rings (SSSR count). The monoisotopic (exact) mass is 201 g/mol. The summed E-state index contributed by atoms with van der Waals surface area (Å²) in [6, 6.07) is -0.0939. The zero-order valence-corrected chi connectivity index (χ0v) is 7.91. The topological polar surface area (TPSA) is 93.5 Å². The molecule has 80 valence electrons. The highest BCUT2D eigenvalue weighted by Crippen LogP contribution is 2.03. The third-order valence-corrected chi connectivity index (χ3v) is 2.02. The lowest BCUT2D eigenvalue weighted by Gasteiger charge is -2.10. The SMILES string of the molecule is NC(=O)OCCNC(=O)[C@H]1CCCN1. The van der Waals surface area contributed by atoms with Gasteiger partial charge in [0.1, 0.15) is 6.61 Å². The minimum atomic E-state index is -0.821. The van der Waals surface area contributed by atoms with Gasteiger partial charge < -0.3 is 21.1 Å². The van der Waals surface area contributed by atoms with E-state index in [1.165, 1.54) is 0 Å². The van der Waals surface area contributed by atoms with Gasteiger partial charge in [-0.05, 0) is 19.4 Å². The van der Waals surface area contributed by atoms with Crippen molar-refractivity contribution in [1.82, 2.24) is 10.6 Å². The van der Waals surface area contributed by atoms with Crippen molar-refractivity contribution in [2.45, 2.75) is 18.9 Å². The quantitative estimate of drug-likeness (QED) is 0.506. The highest BCUT2D eigenvalue weighted by atomic mass is 16.5. The van der Waals surface area contributed by atoms with E-state index in [2.05, 4.69) is 15.4 Å². The van der Waals surface area contributed by atoms with Crippen LogP contribution in [0.3, 0.4) is 0 Å². The zero-order chi connectivity index (χ0) is 10.4. The lowest BCUT2D eigenvalue weighted by Crippen LogP contribution is -2.41. The fraction of sp³-hybridized carbons (Fsp3) is 0.750. The largest absolute Gasteiger partial charge is 0.448 e. The van der Waals surface area contributed by atoms with Crippen molar-refractivity contribution < 1.29 is 14.3 Å². The maximum atomic E-state index is 11.3. The Morgan fingerprint density at radius 1 is 1.57 bits per heavy atom. The first-order valence-corrected chi connectivity index (χ1v) is 4.63. The van der Waals surface area contributed by atoms with Gasteiger partial charge in [0, 0.05) is 0 Å². The van der Waals surface area contributed by atoms with Crippen molar-refractivity contribution in [2.75, 3.05) is 19.7 Å². The van der Waals surface area contributed by atoms with E-state index in [9.17, 15) is 9.59 Å². The van der Waals surface area contributed by atoms with Gasteiger partial charge in [0.2, 0.25) is 5.91 Å². The highest BCUT2D eigenvalue weighted by molar-refractivity contribution is 5.81. The summed E-state index contributed by atoms with van der Waals surface area (Å²) in [5, 5.41) is 5.71. The first-order chi connectivity index (χ1) is 6.70. The van der Waals surface area contributed by atoms with Crippen LogP contribution in [0.1, 0.15) is 12.8 Å². The van der Waals surface area contributed by atoms with Crippen LogP contribution in [0.25, 0.3) is 0 Å². The Hall–Kier alpha value is -1.30. The molecular formula is C8H15N3O3. The van der Waals surface area contributed by atoms with E-state index >= 15 is 0 Å². The molecule has 14 heavy (non-hydrogen) atoms. The molecular weight excluding hydrogens is 186 g/mol. The minimum Gasteiger partial charge on any atom is -0.448 e. The Balaban J connectivity index is 2.05. The van der Waals surface area contributed by atoms with E-state index in [0.717, 1.165) is 19.4 Å². The number of hydrogen-bond acceptors (Lipinski definition) is 4. The van der Waals surface area contributed by atoms with Gasteiger partial charge in [-0.2, -0.15) is 0 Å².